The monoisotopic (exact) mass is 498 g/mol. The predicted octanol–water partition coefficient (Wildman–Crippen LogP) is 5.53. The van der Waals surface area contributed by atoms with Crippen LogP contribution in [0.4, 0.5) is 14.5 Å². The number of nitrogens with two attached hydrogens (primary N) is 1. The molecule has 0 atom stereocenters. The van der Waals surface area contributed by atoms with Gasteiger partial charge < -0.3 is 15.6 Å². The highest BCUT2D eigenvalue weighted by molar-refractivity contribution is 7.80. The van der Waals surface area contributed by atoms with Crippen LogP contribution < -0.4 is 11.1 Å². The zero-order valence-corrected chi connectivity index (χ0v) is 20.0. The number of nitrogens with zero attached hydrogens (tertiary/aromatic N) is 2. The predicted molar refractivity (Wildman–Crippen MR) is 138 cm³/mol. The number of nitrogens with one attached hydrogen (secondary N) is 1. The molecule has 0 aliphatic heterocycles. The van der Waals surface area contributed by atoms with Gasteiger partial charge in [-0.3, -0.25) is 13.6 Å². The molecule has 0 aliphatic rings. The first kappa shape index (κ1) is 24.0. The maximum Gasteiger partial charge on any atom is 0.224 e. The Labute approximate surface area is 205 Å². The molecule has 9 heteroatoms. The van der Waals surface area contributed by atoms with E-state index in [-0.39, 0.29) is 12.5 Å². The SMILES string of the molecule is NC(=S)c1cccc(-c2cn(CC(CF)CF)c3cc(NC(=O)CCc4nccs4)ccc23)c1. The van der Waals surface area contributed by atoms with Crippen LogP contribution in [0.1, 0.15) is 17.0 Å². The van der Waals surface area contributed by atoms with Crippen LogP contribution in [0.15, 0.2) is 60.2 Å². The molecule has 0 aliphatic carbocycles. The van der Waals surface area contributed by atoms with Gasteiger partial charge in [-0.15, -0.1) is 11.3 Å². The molecule has 0 radical (unpaired) electrons. The number of thiazole rings is 1. The standard InChI is InChI=1S/C25H24F2N4OS2/c26-12-16(13-27)14-31-15-21(17-2-1-3-18(10-17)25(28)33)20-5-4-19(11-22(20)31)30-23(32)6-7-24-29-8-9-34-24/h1-5,8-11,15-16H,6-7,12-14H2,(H2,28,33)(H,30,32). The second kappa shape index (κ2) is 10.8. The van der Waals surface area contributed by atoms with E-state index in [0.29, 0.717) is 23.5 Å². The van der Waals surface area contributed by atoms with Gasteiger partial charge in [0.1, 0.15) is 4.99 Å². The molecule has 2 heterocycles. The third-order valence-electron chi connectivity index (χ3n) is 5.56. The van der Waals surface area contributed by atoms with Crippen molar-refractivity contribution in [2.75, 3.05) is 18.7 Å². The van der Waals surface area contributed by atoms with E-state index in [9.17, 15) is 13.6 Å². The molecule has 0 saturated heterocycles. The molecule has 0 spiro atoms. The number of fused-ring (bicyclic) bond motifs is 1. The van der Waals surface area contributed by atoms with Gasteiger partial charge in [0.15, 0.2) is 0 Å². The number of anilines is 1. The first-order chi connectivity index (χ1) is 16.5. The fourth-order valence-electron chi connectivity index (χ4n) is 3.83. The molecule has 2 aromatic heterocycles. The Morgan fingerprint density at radius 1 is 1.21 bits per heavy atom. The van der Waals surface area contributed by atoms with Crippen LogP contribution in [-0.4, -0.2) is 33.8 Å². The second-order valence-corrected chi connectivity index (χ2v) is 9.44. The van der Waals surface area contributed by atoms with E-state index in [0.717, 1.165) is 32.6 Å². The van der Waals surface area contributed by atoms with Crippen LogP contribution in [0.2, 0.25) is 0 Å². The van der Waals surface area contributed by atoms with Gasteiger partial charge in [0, 0.05) is 65.3 Å². The van der Waals surface area contributed by atoms with Gasteiger partial charge in [-0.05, 0) is 23.8 Å². The van der Waals surface area contributed by atoms with Crippen molar-refractivity contribution in [2.24, 2.45) is 11.7 Å². The Morgan fingerprint density at radius 3 is 2.74 bits per heavy atom. The molecular weight excluding hydrogens is 474 g/mol. The summed E-state index contributed by atoms with van der Waals surface area (Å²) in [5.41, 5.74) is 9.73. The van der Waals surface area contributed by atoms with E-state index in [4.69, 9.17) is 18.0 Å². The summed E-state index contributed by atoms with van der Waals surface area (Å²) >= 11 is 6.63. The number of alkyl halides is 2. The Kier molecular flexibility index (Phi) is 7.64. The summed E-state index contributed by atoms with van der Waals surface area (Å²) in [6.45, 7) is -1.33. The van der Waals surface area contributed by atoms with Crippen LogP contribution in [0.3, 0.4) is 0 Å². The minimum Gasteiger partial charge on any atom is -0.389 e. The van der Waals surface area contributed by atoms with E-state index >= 15 is 0 Å². The summed E-state index contributed by atoms with van der Waals surface area (Å²) in [7, 11) is 0. The van der Waals surface area contributed by atoms with Gasteiger partial charge in [-0.25, -0.2) is 4.98 Å². The van der Waals surface area contributed by atoms with Crippen molar-refractivity contribution in [3.8, 4) is 11.1 Å². The van der Waals surface area contributed by atoms with Gasteiger partial charge in [0.25, 0.3) is 0 Å². The lowest BCUT2D eigenvalue weighted by Gasteiger charge is -2.12. The lowest BCUT2D eigenvalue weighted by atomic mass is 10.0. The minimum absolute atomic E-state index is 0.123. The van der Waals surface area contributed by atoms with Crippen LogP contribution >= 0.6 is 23.6 Å². The fourth-order valence-corrected chi connectivity index (χ4v) is 4.58. The Hall–Kier alpha value is -3.17. The number of rotatable bonds is 10. The Bertz CT molecular complexity index is 1300. The molecule has 0 saturated carbocycles. The van der Waals surface area contributed by atoms with Crippen LogP contribution in [0.5, 0.6) is 0 Å². The van der Waals surface area contributed by atoms with Gasteiger partial charge >= 0.3 is 0 Å². The first-order valence-electron chi connectivity index (χ1n) is 10.8. The smallest absolute Gasteiger partial charge is 0.224 e. The number of aromatic nitrogens is 2. The third-order valence-corrected chi connectivity index (χ3v) is 6.64. The fraction of sp³-hybridized carbons (Fsp3) is 0.240. The summed E-state index contributed by atoms with van der Waals surface area (Å²) in [5, 5.41) is 6.61. The number of carbonyl (C=O) groups is 1. The Morgan fingerprint density at radius 2 is 2.03 bits per heavy atom. The number of aryl methyl sites for hydroxylation is 1. The number of halogens is 2. The normalized spacial score (nSPS) is 11.3. The number of hydrogen-bond acceptors (Lipinski definition) is 4. The van der Waals surface area contributed by atoms with Gasteiger partial charge in [0.2, 0.25) is 5.91 Å². The third kappa shape index (κ3) is 5.48. The van der Waals surface area contributed by atoms with Crippen molar-refractivity contribution in [3.63, 3.8) is 0 Å². The molecule has 0 bridgehead atoms. The number of carbonyl (C=O) groups excluding carboxylic acids is 1. The summed E-state index contributed by atoms with van der Waals surface area (Å²) < 4.78 is 28.5. The van der Waals surface area contributed by atoms with Crippen molar-refractivity contribution < 1.29 is 13.6 Å². The molecule has 34 heavy (non-hydrogen) atoms. The van der Waals surface area contributed by atoms with Crippen LogP contribution in [0.25, 0.3) is 22.0 Å². The van der Waals surface area contributed by atoms with E-state index in [1.807, 2.05) is 58.6 Å². The molecular formula is C25H24F2N4OS2. The van der Waals surface area contributed by atoms with Crippen molar-refractivity contribution in [1.82, 2.24) is 9.55 Å². The summed E-state index contributed by atoms with van der Waals surface area (Å²) in [6, 6.07) is 13.1. The summed E-state index contributed by atoms with van der Waals surface area (Å²) in [4.78, 5) is 17.0. The molecule has 0 unspecified atom stereocenters. The van der Waals surface area contributed by atoms with E-state index in [2.05, 4.69) is 10.3 Å². The Balaban J connectivity index is 1.66. The quantitative estimate of drug-likeness (QED) is 0.282. The number of thiocarbonyl (C=S) groups is 1. The highest BCUT2D eigenvalue weighted by Crippen LogP contribution is 2.33. The van der Waals surface area contributed by atoms with Crippen molar-refractivity contribution in [3.05, 3.63) is 70.8 Å². The molecule has 4 aromatic rings. The maximum atomic E-state index is 13.3. The maximum absolute atomic E-state index is 13.3. The number of benzene rings is 2. The van der Waals surface area contributed by atoms with Crippen molar-refractivity contribution >= 4 is 51.0 Å². The number of hydrogen-bond donors (Lipinski definition) is 2. The highest BCUT2D eigenvalue weighted by Gasteiger charge is 2.16. The van der Waals surface area contributed by atoms with Gasteiger partial charge in [0.05, 0.1) is 23.9 Å². The van der Waals surface area contributed by atoms with Gasteiger partial charge in [-0.2, -0.15) is 0 Å². The average Bonchev–Trinajstić information content (AvgIpc) is 3.49. The highest BCUT2D eigenvalue weighted by atomic mass is 32.1. The molecule has 4 rings (SSSR count). The van der Waals surface area contributed by atoms with E-state index in [1.165, 1.54) is 11.3 Å². The molecule has 5 nitrogen and oxygen atoms in total. The second-order valence-electron chi connectivity index (χ2n) is 8.02. The molecule has 176 valence electrons. The van der Waals surface area contributed by atoms with Crippen molar-refractivity contribution in [2.45, 2.75) is 19.4 Å². The molecule has 3 N–H and O–H groups in total. The average molecular weight is 499 g/mol. The molecule has 2 aromatic carbocycles. The zero-order chi connectivity index (χ0) is 24.1. The topological polar surface area (TPSA) is 72.9 Å². The zero-order valence-electron chi connectivity index (χ0n) is 18.3. The lowest BCUT2D eigenvalue weighted by Crippen LogP contribution is -2.14. The van der Waals surface area contributed by atoms with Crippen molar-refractivity contribution in [1.29, 1.82) is 0 Å². The summed E-state index contributed by atoms with van der Waals surface area (Å²) in [6.07, 6.45) is 4.49. The van der Waals surface area contributed by atoms with E-state index in [1.54, 1.807) is 6.20 Å². The minimum atomic E-state index is -0.754. The first-order valence-corrected chi connectivity index (χ1v) is 12.1. The summed E-state index contributed by atoms with van der Waals surface area (Å²) in [5.74, 6) is -0.870. The lowest BCUT2D eigenvalue weighted by molar-refractivity contribution is -0.116. The molecule has 1 amide bonds. The van der Waals surface area contributed by atoms with Crippen LogP contribution in [-0.2, 0) is 17.8 Å². The number of amides is 1. The van der Waals surface area contributed by atoms with Crippen LogP contribution in [0, 0.1) is 5.92 Å². The van der Waals surface area contributed by atoms with E-state index < -0.39 is 19.3 Å². The van der Waals surface area contributed by atoms with Gasteiger partial charge in [-0.1, -0.05) is 36.5 Å². The molecule has 0 fully saturated rings. The largest absolute Gasteiger partial charge is 0.389 e.